The van der Waals surface area contributed by atoms with E-state index in [1.54, 1.807) is 30.3 Å². The van der Waals surface area contributed by atoms with E-state index in [1.165, 1.54) is 23.1 Å². The van der Waals surface area contributed by atoms with Crippen LogP contribution < -0.4 is 9.64 Å². The predicted molar refractivity (Wildman–Crippen MR) is 110 cm³/mol. The number of hydrogen-bond donors (Lipinski definition) is 0. The lowest BCUT2D eigenvalue weighted by molar-refractivity contribution is -0.124. The Hall–Kier alpha value is -3.54. The van der Waals surface area contributed by atoms with Gasteiger partial charge in [0.1, 0.15) is 12.0 Å². The van der Waals surface area contributed by atoms with Gasteiger partial charge in [0.25, 0.3) is 0 Å². The topological polar surface area (TPSA) is 80.8 Å². The number of carbonyl (C=O) groups excluding carboxylic acids is 4. The van der Waals surface area contributed by atoms with Crippen LogP contribution in [0, 0.1) is 35.5 Å². The number of nitrogens with zero attached hydrogens (tertiary/aromatic N) is 1. The first kappa shape index (κ1) is 18.2. The standard InChI is InChI=1S/C25H19NO5/c27-12-13-4-6-16(7-5-13)31-25(30)14-2-1-3-15(10-14)26-23(28)21-17-8-9-18(20-11-19(17)20)22(21)24(26)29/h1-10,12,17-22H,11H2/t17-,18-,19-,20+,21+,22+/m0/s1. The van der Waals surface area contributed by atoms with Gasteiger partial charge in [-0.05, 0) is 72.6 Å². The fourth-order valence-corrected chi connectivity index (χ4v) is 5.76. The highest BCUT2D eigenvalue weighted by Crippen LogP contribution is 2.65. The van der Waals surface area contributed by atoms with E-state index in [-0.39, 0.29) is 41.0 Å². The lowest BCUT2D eigenvalue weighted by Crippen LogP contribution is -2.40. The predicted octanol–water partition coefficient (Wildman–Crippen LogP) is 3.28. The van der Waals surface area contributed by atoms with Crippen LogP contribution in [-0.2, 0) is 9.59 Å². The molecule has 2 amide bonds. The molecule has 31 heavy (non-hydrogen) atoms. The first-order chi connectivity index (χ1) is 15.1. The van der Waals surface area contributed by atoms with Gasteiger partial charge in [0, 0.05) is 5.56 Å². The summed E-state index contributed by atoms with van der Waals surface area (Å²) in [4.78, 5) is 51.2. The van der Waals surface area contributed by atoms with Gasteiger partial charge in [0.15, 0.2) is 0 Å². The first-order valence-corrected chi connectivity index (χ1v) is 10.5. The molecule has 0 spiro atoms. The van der Waals surface area contributed by atoms with Gasteiger partial charge in [-0.2, -0.15) is 0 Å². The summed E-state index contributed by atoms with van der Waals surface area (Å²) in [5, 5.41) is 0. The van der Waals surface area contributed by atoms with Gasteiger partial charge in [-0.3, -0.25) is 14.4 Å². The van der Waals surface area contributed by atoms with Gasteiger partial charge in [-0.25, -0.2) is 9.69 Å². The van der Waals surface area contributed by atoms with Crippen molar-refractivity contribution in [2.45, 2.75) is 6.42 Å². The molecule has 1 saturated heterocycles. The monoisotopic (exact) mass is 413 g/mol. The lowest BCUT2D eigenvalue weighted by atomic mass is 9.63. The molecule has 2 aromatic carbocycles. The van der Waals surface area contributed by atoms with Crippen LogP contribution in [0.15, 0.2) is 60.7 Å². The second kappa shape index (κ2) is 6.48. The zero-order valence-electron chi connectivity index (χ0n) is 16.5. The Bertz CT molecular complexity index is 1130. The molecule has 6 atom stereocenters. The van der Waals surface area contributed by atoms with Crippen molar-refractivity contribution in [2.24, 2.45) is 35.5 Å². The molecule has 2 aromatic rings. The summed E-state index contributed by atoms with van der Waals surface area (Å²) in [5.74, 6) is 0.232. The average Bonchev–Trinajstić information content (AvgIpc) is 3.57. The van der Waals surface area contributed by atoms with Gasteiger partial charge in [-0.15, -0.1) is 0 Å². The van der Waals surface area contributed by atoms with E-state index >= 15 is 0 Å². The molecule has 1 aliphatic heterocycles. The van der Waals surface area contributed by atoms with E-state index in [0.717, 1.165) is 6.42 Å². The normalized spacial score (nSPS) is 31.9. The molecule has 0 aromatic heterocycles. The van der Waals surface area contributed by atoms with Crippen molar-refractivity contribution in [1.82, 2.24) is 0 Å². The van der Waals surface area contributed by atoms with Crippen molar-refractivity contribution < 1.29 is 23.9 Å². The van der Waals surface area contributed by atoms with Crippen LogP contribution >= 0.6 is 0 Å². The van der Waals surface area contributed by atoms with Crippen molar-refractivity contribution in [3.63, 3.8) is 0 Å². The van der Waals surface area contributed by atoms with E-state index in [9.17, 15) is 19.2 Å². The Morgan fingerprint density at radius 3 is 2.19 bits per heavy atom. The number of ether oxygens (including phenoxy) is 1. The Morgan fingerprint density at radius 2 is 1.58 bits per heavy atom. The van der Waals surface area contributed by atoms with Crippen LogP contribution in [0.25, 0.3) is 0 Å². The van der Waals surface area contributed by atoms with Crippen LogP contribution in [0.4, 0.5) is 5.69 Å². The maximum atomic E-state index is 13.3. The SMILES string of the molecule is O=Cc1ccc(OC(=O)c2cccc(N3C(=O)[C@@H]4[C@H]5C=C[C@@H]([C@@H]6C[C@H]56)[C@H]4C3=O)c2)cc1. The average molecular weight is 413 g/mol. The van der Waals surface area contributed by atoms with Crippen molar-refractivity contribution in [3.05, 3.63) is 71.8 Å². The molecule has 6 nitrogen and oxygen atoms in total. The van der Waals surface area contributed by atoms with E-state index < -0.39 is 5.97 Å². The number of rotatable bonds is 4. The van der Waals surface area contributed by atoms with Crippen molar-refractivity contribution in [1.29, 1.82) is 0 Å². The van der Waals surface area contributed by atoms with Crippen LogP contribution in [0.3, 0.4) is 0 Å². The molecule has 3 fully saturated rings. The summed E-state index contributed by atoms with van der Waals surface area (Å²) in [6, 6.07) is 12.6. The van der Waals surface area contributed by atoms with E-state index in [0.29, 0.717) is 35.1 Å². The maximum Gasteiger partial charge on any atom is 0.343 e. The Morgan fingerprint density at radius 1 is 0.935 bits per heavy atom. The third-order valence-corrected chi connectivity index (χ3v) is 7.23. The van der Waals surface area contributed by atoms with Gasteiger partial charge in [-0.1, -0.05) is 18.2 Å². The molecule has 7 rings (SSSR count). The lowest BCUT2D eigenvalue weighted by Gasteiger charge is -2.37. The molecule has 2 saturated carbocycles. The number of carbonyl (C=O) groups is 4. The second-order valence-electron chi connectivity index (χ2n) is 8.79. The van der Waals surface area contributed by atoms with E-state index in [4.69, 9.17) is 4.74 Å². The Kier molecular flexibility index (Phi) is 3.81. The first-order valence-electron chi connectivity index (χ1n) is 10.5. The number of hydrogen-bond acceptors (Lipinski definition) is 5. The summed E-state index contributed by atoms with van der Waals surface area (Å²) >= 11 is 0. The number of amides is 2. The number of anilines is 1. The van der Waals surface area contributed by atoms with Crippen LogP contribution in [0.1, 0.15) is 27.1 Å². The number of benzene rings is 2. The summed E-state index contributed by atoms with van der Waals surface area (Å²) in [6.45, 7) is 0. The second-order valence-corrected chi connectivity index (χ2v) is 8.79. The Labute approximate surface area is 178 Å². The molecule has 4 aliphatic carbocycles. The molecular formula is C25H19NO5. The smallest absolute Gasteiger partial charge is 0.343 e. The minimum atomic E-state index is -0.597. The third kappa shape index (κ3) is 2.64. The molecular weight excluding hydrogens is 394 g/mol. The molecule has 5 aliphatic rings. The van der Waals surface area contributed by atoms with Gasteiger partial charge in [0.2, 0.25) is 11.8 Å². The van der Waals surface area contributed by atoms with Crippen LogP contribution in [0.5, 0.6) is 5.75 Å². The Balaban J connectivity index is 1.26. The zero-order valence-corrected chi connectivity index (χ0v) is 16.5. The molecule has 154 valence electrons. The number of imide groups is 1. The van der Waals surface area contributed by atoms with Crippen LogP contribution in [-0.4, -0.2) is 24.1 Å². The van der Waals surface area contributed by atoms with Crippen molar-refractivity contribution in [3.8, 4) is 5.75 Å². The number of aldehydes is 1. The molecule has 1 heterocycles. The summed E-state index contributed by atoms with van der Waals surface area (Å²) in [6.07, 6.45) is 6.10. The largest absolute Gasteiger partial charge is 0.423 e. The summed E-state index contributed by atoms with van der Waals surface area (Å²) in [5.41, 5.74) is 1.13. The number of allylic oxidation sites excluding steroid dienone is 2. The van der Waals surface area contributed by atoms with Crippen molar-refractivity contribution in [2.75, 3.05) is 4.90 Å². The molecule has 2 bridgehead atoms. The minimum Gasteiger partial charge on any atom is -0.423 e. The molecule has 6 heteroatoms. The van der Waals surface area contributed by atoms with Crippen molar-refractivity contribution >= 4 is 29.8 Å². The fraction of sp³-hybridized carbons (Fsp3) is 0.280. The zero-order chi connectivity index (χ0) is 21.3. The van der Waals surface area contributed by atoms with E-state index in [1.807, 2.05) is 0 Å². The van der Waals surface area contributed by atoms with E-state index in [2.05, 4.69) is 12.2 Å². The van der Waals surface area contributed by atoms with Gasteiger partial charge in [0.05, 0.1) is 23.1 Å². The summed E-state index contributed by atoms with van der Waals surface area (Å²) < 4.78 is 5.38. The maximum absolute atomic E-state index is 13.3. The highest BCUT2D eigenvalue weighted by atomic mass is 16.5. The van der Waals surface area contributed by atoms with Crippen LogP contribution in [0.2, 0.25) is 0 Å². The quantitative estimate of drug-likeness (QED) is 0.253. The minimum absolute atomic E-state index is 0.156. The van der Waals surface area contributed by atoms with Gasteiger partial charge >= 0.3 is 5.97 Å². The van der Waals surface area contributed by atoms with Gasteiger partial charge < -0.3 is 4.74 Å². The molecule has 0 unspecified atom stereocenters. The fourth-order valence-electron chi connectivity index (χ4n) is 5.76. The summed E-state index contributed by atoms with van der Waals surface area (Å²) in [7, 11) is 0. The third-order valence-electron chi connectivity index (χ3n) is 7.23. The highest BCUT2D eigenvalue weighted by Gasteiger charge is 2.67. The molecule has 0 radical (unpaired) electrons. The number of esters is 1. The molecule has 0 N–H and O–H groups in total. The highest BCUT2D eigenvalue weighted by molar-refractivity contribution is 6.23.